The summed E-state index contributed by atoms with van der Waals surface area (Å²) >= 11 is 7.70. The van der Waals surface area contributed by atoms with Crippen molar-refractivity contribution in [3.05, 3.63) is 69.6 Å². The Kier molecular flexibility index (Phi) is 7.85. The molecule has 34 heavy (non-hydrogen) atoms. The highest BCUT2D eigenvalue weighted by Gasteiger charge is 2.24. The third kappa shape index (κ3) is 5.77. The predicted molar refractivity (Wildman–Crippen MR) is 135 cm³/mol. The van der Waals surface area contributed by atoms with E-state index in [1.165, 1.54) is 16.9 Å². The lowest BCUT2D eigenvalue weighted by Crippen LogP contribution is -2.34. The number of fused-ring (bicyclic) bond motifs is 1. The summed E-state index contributed by atoms with van der Waals surface area (Å²) in [6.07, 6.45) is 4.07. The number of carbonyl (C=O) groups excluding carboxylic acids is 2. The molecule has 1 aliphatic rings. The van der Waals surface area contributed by atoms with Crippen LogP contribution in [0.25, 0.3) is 10.1 Å². The fraction of sp³-hybridized carbons (Fsp3) is 0.346. The van der Waals surface area contributed by atoms with Crippen LogP contribution < -0.4 is 10.6 Å². The SMILES string of the molecule is O=C(O)C[C@H]1CC[C@H](c2ccc(C(=O)NCCNC(=O)c3sc4ccccc4c3Cl)cc2)CC1. The standard InChI is InChI=1S/C26H27ClN2O4S/c27-23-20-3-1-2-4-21(20)34-24(23)26(33)29-14-13-28-25(32)19-11-9-18(10-12-19)17-7-5-16(6-8-17)15-22(30)31/h1-4,9-12,16-17H,5-8,13-15H2,(H,28,32)(H,29,33)(H,30,31)/t16-,17-. The monoisotopic (exact) mass is 498 g/mol. The molecule has 0 spiro atoms. The number of nitrogens with one attached hydrogen (secondary N) is 2. The maximum Gasteiger partial charge on any atom is 0.303 e. The number of carbonyl (C=O) groups is 3. The zero-order valence-electron chi connectivity index (χ0n) is 18.7. The quantitative estimate of drug-likeness (QED) is 0.359. The molecule has 1 heterocycles. The number of carboxylic acid groups (broad SMARTS) is 1. The molecule has 3 aromatic rings. The molecular weight excluding hydrogens is 472 g/mol. The van der Waals surface area contributed by atoms with Gasteiger partial charge in [0.15, 0.2) is 0 Å². The van der Waals surface area contributed by atoms with Gasteiger partial charge in [0.05, 0.1) is 5.02 Å². The molecule has 1 aromatic heterocycles. The number of hydrogen-bond acceptors (Lipinski definition) is 4. The van der Waals surface area contributed by atoms with Gasteiger partial charge in [-0.25, -0.2) is 0 Å². The van der Waals surface area contributed by atoms with E-state index < -0.39 is 5.97 Å². The number of amides is 2. The van der Waals surface area contributed by atoms with Crippen LogP contribution in [0.2, 0.25) is 5.02 Å². The minimum atomic E-state index is -0.720. The fourth-order valence-corrected chi connectivity index (χ4v) is 5.98. The lowest BCUT2D eigenvalue weighted by Gasteiger charge is -2.28. The number of halogens is 1. The molecule has 1 fully saturated rings. The van der Waals surface area contributed by atoms with Crippen molar-refractivity contribution in [2.45, 2.75) is 38.0 Å². The fourth-order valence-electron chi connectivity index (χ4n) is 4.55. The van der Waals surface area contributed by atoms with Crippen LogP contribution in [0, 0.1) is 5.92 Å². The highest BCUT2D eigenvalue weighted by molar-refractivity contribution is 7.21. The van der Waals surface area contributed by atoms with Crippen LogP contribution in [0.5, 0.6) is 0 Å². The highest BCUT2D eigenvalue weighted by Crippen LogP contribution is 2.37. The molecule has 8 heteroatoms. The zero-order chi connectivity index (χ0) is 24.1. The minimum absolute atomic E-state index is 0.189. The Morgan fingerprint density at radius 3 is 2.21 bits per heavy atom. The second kappa shape index (κ2) is 11.0. The first-order valence-corrected chi connectivity index (χ1v) is 12.7. The van der Waals surface area contributed by atoms with Gasteiger partial charge in [-0.1, -0.05) is 41.9 Å². The molecule has 0 radical (unpaired) electrons. The van der Waals surface area contributed by atoms with E-state index in [0.29, 0.717) is 34.5 Å². The Morgan fingerprint density at radius 2 is 1.56 bits per heavy atom. The highest BCUT2D eigenvalue weighted by atomic mass is 35.5. The van der Waals surface area contributed by atoms with Crippen molar-refractivity contribution >= 4 is 50.8 Å². The Labute approximate surface area is 207 Å². The van der Waals surface area contributed by atoms with Crippen LogP contribution in [0.1, 0.15) is 63.6 Å². The van der Waals surface area contributed by atoms with E-state index in [0.717, 1.165) is 35.8 Å². The van der Waals surface area contributed by atoms with E-state index in [-0.39, 0.29) is 24.2 Å². The minimum Gasteiger partial charge on any atom is -0.481 e. The predicted octanol–water partition coefficient (Wildman–Crippen LogP) is 5.46. The third-order valence-corrected chi connectivity index (χ3v) is 8.07. The topological polar surface area (TPSA) is 95.5 Å². The molecule has 2 amide bonds. The van der Waals surface area contributed by atoms with Gasteiger partial charge in [-0.15, -0.1) is 11.3 Å². The summed E-state index contributed by atoms with van der Waals surface area (Å²) in [6.45, 7) is 0.606. The summed E-state index contributed by atoms with van der Waals surface area (Å²) < 4.78 is 0.961. The smallest absolute Gasteiger partial charge is 0.303 e. The lowest BCUT2D eigenvalue weighted by atomic mass is 9.77. The van der Waals surface area contributed by atoms with Gasteiger partial charge in [0, 0.05) is 35.2 Å². The van der Waals surface area contributed by atoms with Crippen molar-refractivity contribution in [3.8, 4) is 0 Å². The first-order valence-electron chi connectivity index (χ1n) is 11.5. The van der Waals surface area contributed by atoms with Crippen LogP contribution >= 0.6 is 22.9 Å². The molecule has 0 bridgehead atoms. The Balaban J connectivity index is 1.22. The van der Waals surface area contributed by atoms with Crippen molar-refractivity contribution in [2.75, 3.05) is 13.1 Å². The molecule has 0 unspecified atom stereocenters. The van der Waals surface area contributed by atoms with Crippen molar-refractivity contribution in [1.82, 2.24) is 10.6 Å². The molecular formula is C26H27ClN2O4S. The average molecular weight is 499 g/mol. The van der Waals surface area contributed by atoms with Gasteiger partial charge in [-0.2, -0.15) is 0 Å². The van der Waals surface area contributed by atoms with Crippen LogP contribution in [-0.4, -0.2) is 36.0 Å². The largest absolute Gasteiger partial charge is 0.481 e. The van der Waals surface area contributed by atoms with Crippen molar-refractivity contribution in [3.63, 3.8) is 0 Å². The van der Waals surface area contributed by atoms with Crippen molar-refractivity contribution < 1.29 is 19.5 Å². The van der Waals surface area contributed by atoms with E-state index in [2.05, 4.69) is 10.6 Å². The molecule has 0 saturated heterocycles. The molecule has 3 N–H and O–H groups in total. The summed E-state index contributed by atoms with van der Waals surface area (Å²) in [5.41, 5.74) is 1.76. The molecule has 4 rings (SSSR count). The second-order valence-corrected chi connectivity index (χ2v) is 10.1. The summed E-state index contributed by atoms with van der Waals surface area (Å²) in [5, 5.41) is 15.9. The summed E-state index contributed by atoms with van der Waals surface area (Å²) in [6, 6.07) is 15.2. The first kappa shape index (κ1) is 24.2. The van der Waals surface area contributed by atoms with Gasteiger partial charge in [0.2, 0.25) is 0 Å². The molecule has 0 aliphatic heterocycles. The van der Waals surface area contributed by atoms with Gasteiger partial charge in [-0.05, 0) is 61.3 Å². The maximum absolute atomic E-state index is 12.5. The van der Waals surface area contributed by atoms with Gasteiger partial charge < -0.3 is 15.7 Å². The van der Waals surface area contributed by atoms with Crippen LogP contribution in [-0.2, 0) is 4.79 Å². The Morgan fingerprint density at radius 1 is 0.912 bits per heavy atom. The molecule has 2 aromatic carbocycles. The summed E-state index contributed by atoms with van der Waals surface area (Å²) in [7, 11) is 0. The van der Waals surface area contributed by atoms with Gasteiger partial charge >= 0.3 is 5.97 Å². The number of thiophene rings is 1. The average Bonchev–Trinajstić information content (AvgIpc) is 3.18. The number of carboxylic acids is 1. The second-order valence-electron chi connectivity index (χ2n) is 8.69. The van der Waals surface area contributed by atoms with Gasteiger partial charge in [0.1, 0.15) is 4.88 Å². The molecule has 178 valence electrons. The van der Waals surface area contributed by atoms with Crippen LogP contribution in [0.15, 0.2) is 48.5 Å². The number of rotatable bonds is 8. The zero-order valence-corrected chi connectivity index (χ0v) is 20.3. The van der Waals surface area contributed by atoms with E-state index in [4.69, 9.17) is 16.7 Å². The van der Waals surface area contributed by atoms with Crippen LogP contribution in [0.4, 0.5) is 0 Å². The van der Waals surface area contributed by atoms with Crippen molar-refractivity contribution in [1.29, 1.82) is 0 Å². The number of hydrogen-bond donors (Lipinski definition) is 3. The number of benzene rings is 2. The van der Waals surface area contributed by atoms with Crippen molar-refractivity contribution in [2.24, 2.45) is 5.92 Å². The van der Waals surface area contributed by atoms with E-state index >= 15 is 0 Å². The first-order chi connectivity index (χ1) is 16.4. The normalized spacial score (nSPS) is 17.9. The van der Waals surface area contributed by atoms with E-state index in [1.807, 2.05) is 48.5 Å². The van der Waals surface area contributed by atoms with E-state index in [1.54, 1.807) is 0 Å². The molecule has 1 saturated carbocycles. The van der Waals surface area contributed by atoms with Gasteiger partial charge in [0.25, 0.3) is 11.8 Å². The molecule has 0 atom stereocenters. The number of aliphatic carboxylic acids is 1. The molecule has 6 nitrogen and oxygen atoms in total. The van der Waals surface area contributed by atoms with Crippen LogP contribution in [0.3, 0.4) is 0 Å². The Bertz CT molecular complexity index is 1180. The summed E-state index contributed by atoms with van der Waals surface area (Å²) in [4.78, 5) is 36.3. The molecule has 1 aliphatic carbocycles. The van der Waals surface area contributed by atoms with Gasteiger partial charge in [-0.3, -0.25) is 14.4 Å². The van der Waals surface area contributed by atoms with E-state index in [9.17, 15) is 14.4 Å². The maximum atomic E-state index is 12.5. The Hall–Kier alpha value is -2.90. The third-order valence-electron chi connectivity index (χ3n) is 6.39. The summed E-state index contributed by atoms with van der Waals surface area (Å²) in [5.74, 6) is -0.469. The lowest BCUT2D eigenvalue weighted by molar-refractivity contribution is -0.138.